The highest BCUT2D eigenvalue weighted by atomic mass is 16.5. The Balaban J connectivity index is 1.48. The molecule has 0 amide bonds. The number of carbonyl (C=O) groups excluding carboxylic acids is 1. The maximum absolute atomic E-state index is 14.0. The number of ether oxygens (including phenoxy) is 1. The van der Waals surface area contributed by atoms with Crippen LogP contribution in [-0.2, 0) is 11.2 Å². The fourth-order valence-corrected chi connectivity index (χ4v) is 7.36. The van der Waals surface area contributed by atoms with Crippen LogP contribution in [0.4, 0.5) is 0 Å². The van der Waals surface area contributed by atoms with Crippen LogP contribution in [0.2, 0.25) is 0 Å². The molecule has 0 unspecified atom stereocenters. The average molecular weight is 471 g/mol. The number of carbonyl (C=O) groups is 1. The molecule has 0 aliphatic heterocycles. The molecule has 7 rings (SSSR count). The molecule has 5 heteroatoms. The number of unbranched alkanes of at least 4 members (excludes halogenated alkanes) is 1. The molecule has 35 heavy (non-hydrogen) atoms. The number of benzene rings is 2. The molecule has 0 atom stereocenters. The Bertz CT molecular complexity index is 1240. The molecule has 4 saturated carbocycles. The number of hydrogen-bond acceptors (Lipinski definition) is 3. The van der Waals surface area contributed by atoms with Crippen molar-refractivity contribution in [3.05, 3.63) is 76.6 Å². The SMILES string of the molecule is CCCCc1c(OC(=O)C23CC4CC(CC(C4)C2)C3)n(-c2ccccc2)n(-c2ccccc2)c1=O. The summed E-state index contributed by atoms with van der Waals surface area (Å²) in [6, 6.07) is 19.4. The number of hydrogen-bond donors (Lipinski definition) is 0. The Morgan fingerprint density at radius 1 is 0.857 bits per heavy atom. The van der Waals surface area contributed by atoms with Gasteiger partial charge >= 0.3 is 5.97 Å². The molecule has 1 aromatic heterocycles. The third-order valence-corrected chi connectivity index (χ3v) is 8.54. The van der Waals surface area contributed by atoms with Gasteiger partial charge in [0.2, 0.25) is 5.88 Å². The van der Waals surface area contributed by atoms with Crippen molar-refractivity contribution in [2.24, 2.45) is 23.2 Å². The van der Waals surface area contributed by atoms with Gasteiger partial charge in [-0.05, 0) is 93.4 Å². The minimum atomic E-state index is -0.386. The first-order valence-corrected chi connectivity index (χ1v) is 13.3. The average Bonchev–Trinajstić information content (AvgIpc) is 3.13. The fourth-order valence-electron chi connectivity index (χ4n) is 7.36. The van der Waals surface area contributed by atoms with E-state index in [-0.39, 0.29) is 16.9 Å². The molecule has 0 radical (unpaired) electrons. The van der Waals surface area contributed by atoms with Crippen LogP contribution in [-0.4, -0.2) is 15.3 Å². The van der Waals surface area contributed by atoms with Gasteiger partial charge < -0.3 is 4.74 Å². The van der Waals surface area contributed by atoms with Crippen molar-refractivity contribution in [3.63, 3.8) is 0 Å². The molecule has 4 fully saturated rings. The highest BCUT2D eigenvalue weighted by Crippen LogP contribution is 2.60. The summed E-state index contributed by atoms with van der Waals surface area (Å²) in [7, 11) is 0. The van der Waals surface area contributed by atoms with Crippen LogP contribution < -0.4 is 10.3 Å². The van der Waals surface area contributed by atoms with Crippen molar-refractivity contribution < 1.29 is 9.53 Å². The Kier molecular flexibility index (Phi) is 5.66. The van der Waals surface area contributed by atoms with E-state index in [1.54, 1.807) is 4.68 Å². The monoisotopic (exact) mass is 470 g/mol. The molecule has 4 aliphatic carbocycles. The normalized spacial score (nSPS) is 26.7. The number of para-hydroxylation sites is 2. The van der Waals surface area contributed by atoms with Gasteiger partial charge in [-0.25, -0.2) is 9.36 Å². The molecule has 5 nitrogen and oxygen atoms in total. The number of rotatable bonds is 7. The van der Waals surface area contributed by atoms with Gasteiger partial charge in [-0.15, -0.1) is 0 Å². The molecular weight excluding hydrogens is 436 g/mol. The Labute approximate surface area is 206 Å². The van der Waals surface area contributed by atoms with E-state index in [1.165, 1.54) is 19.3 Å². The Morgan fingerprint density at radius 3 is 1.89 bits per heavy atom. The van der Waals surface area contributed by atoms with Crippen molar-refractivity contribution in [2.45, 2.75) is 64.7 Å². The van der Waals surface area contributed by atoms with E-state index in [0.717, 1.165) is 43.5 Å². The zero-order chi connectivity index (χ0) is 24.0. The topological polar surface area (TPSA) is 53.2 Å². The van der Waals surface area contributed by atoms with Crippen LogP contribution in [0.25, 0.3) is 11.4 Å². The van der Waals surface area contributed by atoms with E-state index in [1.807, 2.05) is 65.3 Å². The van der Waals surface area contributed by atoms with Crippen LogP contribution in [0.5, 0.6) is 5.88 Å². The predicted molar refractivity (Wildman–Crippen MR) is 136 cm³/mol. The summed E-state index contributed by atoms with van der Waals surface area (Å²) >= 11 is 0. The molecule has 4 aliphatic rings. The first-order chi connectivity index (χ1) is 17.1. The molecule has 1 heterocycles. The number of aromatic nitrogens is 2. The van der Waals surface area contributed by atoms with E-state index >= 15 is 0 Å². The van der Waals surface area contributed by atoms with Crippen molar-refractivity contribution in [1.82, 2.24) is 9.36 Å². The molecule has 0 spiro atoms. The summed E-state index contributed by atoms with van der Waals surface area (Å²) < 4.78 is 9.89. The van der Waals surface area contributed by atoms with Crippen LogP contribution in [0.3, 0.4) is 0 Å². The van der Waals surface area contributed by atoms with E-state index in [2.05, 4.69) is 6.92 Å². The molecular formula is C30H34N2O3. The Hall–Kier alpha value is -3.08. The second-order valence-corrected chi connectivity index (χ2v) is 11.1. The van der Waals surface area contributed by atoms with Gasteiger partial charge in [0.1, 0.15) is 0 Å². The zero-order valence-corrected chi connectivity index (χ0v) is 20.5. The first-order valence-electron chi connectivity index (χ1n) is 13.3. The summed E-state index contributed by atoms with van der Waals surface area (Å²) in [6.45, 7) is 2.12. The van der Waals surface area contributed by atoms with Gasteiger partial charge in [0.25, 0.3) is 5.56 Å². The van der Waals surface area contributed by atoms with Crippen LogP contribution in [0.1, 0.15) is 63.9 Å². The van der Waals surface area contributed by atoms with Crippen molar-refractivity contribution in [1.29, 1.82) is 0 Å². The lowest BCUT2D eigenvalue weighted by molar-refractivity contribution is -0.162. The molecule has 3 aromatic rings. The standard InChI is InChI=1S/C30H34N2O3/c1-2-3-14-26-27(33)31(24-10-6-4-7-11-24)32(25-12-8-5-9-13-25)28(26)35-29(34)30-18-21-15-22(19-30)17-23(16-21)20-30/h4-13,21-23H,2-3,14-20H2,1H3. The van der Waals surface area contributed by atoms with Gasteiger partial charge in [0.05, 0.1) is 22.4 Å². The minimum absolute atomic E-state index is 0.109. The molecule has 0 saturated heterocycles. The highest BCUT2D eigenvalue weighted by Gasteiger charge is 2.56. The zero-order valence-electron chi connectivity index (χ0n) is 20.5. The molecule has 182 valence electrons. The molecule has 2 aromatic carbocycles. The van der Waals surface area contributed by atoms with Gasteiger partial charge in [0, 0.05) is 0 Å². The minimum Gasteiger partial charge on any atom is -0.406 e. The number of esters is 1. The summed E-state index contributed by atoms with van der Waals surface area (Å²) in [5.41, 5.74) is 1.67. The largest absolute Gasteiger partial charge is 0.406 e. The molecule has 0 N–H and O–H groups in total. The van der Waals surface area contributed by atoms with Gasteiger partial charge in [-0.1, -0.05) is 49.7 Å². The maximum Gasteiger partial charge on any atom is 0.318 e. The maximum atomic E-state index is 14.0. The van der Waals surface area contributed by atoms with Crippen molar-refractivity contribution in [2.75, 3.05) is 0 Å². The summed E-state index contributed by atoms with van der Waals surface area (Å²) in [4.78, 5) is 27.9. The van der Waals surface area contributed by atoms with Gasteiger partial charge in [-0.2, -0.15) is 0 Å². The number of nitrogens with zero attached hydrogens (tertiary/aromatic N) is 2. The summed E-state index contributed by atoms with van der Waals surface area (Å²) in [6.07, 6.45) is 9.05. The quantitative estimate of drug-likeness (QED) is 0.393. The van der Waals surface area contributed by atoms with Crippen LogP contribution in [0, 0.1) is 23.2 Å². The van der Waals surface area contributed by atoms with Crippen LogP contribution in [0.15, 0.2) is 65.5 Å². The smallest absolute Gasteiger partial charge is 0.318 e. The van der Waals surface area contributed by atoms with E-state index in [4.69, 9.17) is 4.74 Å². The fraction of sp³-hybridized carbons (Fsp3) is 0.467. The van der Waals surface area contributed by atoms with Gasteiger partial charge in [0.15, 0.2) is 0 Å². The third kappa shape index (κ3) is 3.85. The van der Waals surface area contributed by atoms with E-state index in [0.29, 0.717) is 35.6 Å². The lowest BCUT2D eigenvalue weighted by atomic mass is 9.49. The lowest BCUT2D eigenvalue weighted by Gasteiger charge is -2.55. The summed E-state index contributed by atoms with van der Waals surface area (Å²) in [5.74, 6) is 2.24. The Morgan fingerprint density at radius 2 is 1.37 bits per heavy atom. The van der Waals surface area contributed by atoms with Gasteiger partial charge in [-0.3, -0.25) is 9.59 Å². The molecule has 4 bridgehead atoms. The highest BCUT2D eigenvalue weighted by molar-refractivity contribution is 5.80. The van der Waals surface area contributed by atoms with Crippen molar-refractivity contribution >= 4 is 5.97 Å². The second kappa shape index (κ2) is 8.85. The first kappa shape index (κ1) is 22.4. The van der Waals surface area contributed by atoms with Crippen LogP contribution >= 0.6 is 0 Å². The van der Waals surface area contributed by atoms with E-state index < -0.39 is 0 Å². The van der Waals surface area contributed by atoms with E-state index in [9.17, 15) is 9.59 Å². The lowest BCUT2D eigenvalue weighted by Crippen LogP contribution is -2.51. The van der Waals surface area contributed by atoms with Crippen molar-refractivity contribution in [3.8, 4) is 17.3 Å². The summed E-state index contributed by atoms with van der Waals surface area (Å²) in [5, 5.41) is 0. The second-order valence-electron chi connectivity index (χ2n) is 11.1. The third-order valence-electron chi connectivity index (χ3n) is 8.54. The predicted octanol–water partition coefficient (Wildman–Crippen LogP) is 6.09.